The molecule has 154 valence electrons. The molecule has 1 atom stereocenters. The van der Waals surface area contributed by atoms with Gasteiger partial charge in [-0.05, 0) is 32.0 Å². The van der Waals surface area contributed by atoms with Crippen LogP contribution in [-0.4, -0.2) is 33.8 Å². The number of nitrogens with zero attached hydrogens (tertiary/aromatic N) is 2. The Morgan fingerprint density at radius 2 is 2.03 bits per heavy atom. The summed E-state index contributed by atoms with van der Waals surface area (Å²) in [6.07, 6.45) is 1.47. The van der Waals surface area contributed by atoms with Crippen molar-refractivity contribution in [1.29, 1.82) is 0 Å². The van der Waals surface area contributed by atoms with E-state index in [0.29, 0.717) is 22.1 Å². The first-order chi connectivity index (χ1) is 14.4. The van der Waals surface area contributed by atoms with Gasteiger partial charge in [0.1, 0.15) is 17.6 Å². The summed E-state index contributed by atoms with van der Waals surface area (Å²) in [5.74, 6) is -0.625. The molecule has 1 amide bonds. The molecular weight excluding hydrogens is 404 g/mol. The lowest BCUT2D eigenvalue weighted by Crippen LogP contribution is -2.30. The van der Waals surface area contributed by atoms with E-state index in [9.17, 15) is 14.7 Å². The average Bonchev–Trinajstić information content (AvgIpc) is 3.43. The summed E-state index contributed by atoms with van der Waals surface area (Å²) in [4.78, 5) is 32.5. The van der Waals surface area contributed by atoms with Crippen LogP contribution in [-0.2, 0) is 11.3 Å². The van der Waals surface area contributed by atoms with Crippen molar-refractivity contribution in [2.75, 3.05) is 7.11 Å². The third-order valence-electron chi connectivity index (χ3n) is 5.00. The van der Waals surface area contributed by atoms with Gasteiger partial charge in [-0.15, -0.1) is 11.3 Å². The van der Waals surface area contributed by atoms with E-state index in [4.69, 9.17) is 9.15 Å². The van der Waals surface area contributed by atoms with Crippen LogP contribution >= 0.6 is 11.3 Å². The van der Waals surface area contributed by atoms with E-state index in [1.807, 2.05) is 18.2 Å². The number of thiazole rings is 1. The summed E-state index contributed by atoms with van der Waals surface area (Å²) in [7, 11) is 1.55. The maximum Gasteiger partial charge on any atom is 0.290 e. The number of amides is 1. The number of hydrogen-bond acceptors (Lipinski definition) is 7. The van der Waals surface area contributed by atoms with Crippen LogP contribution < -0.4 is 4.74 Å². The van der Waals surface area contributed by atoms with Crippen molar-refractivity contribution < 1.29 is 23.8 Å². The van der Waals surface area contributed by atoms with Gasteiger partial charge in [0.15, 0.2) is 5.76 Å². The molecule has 7 nitrogen and oxygen atoms in total. The molecule has 1 aromatic carbocycles. The third kappa shape index (κ3) is 3.29. The zero-order valence-electron chi connectivity index (χ0n) is 16.7. The zero-order chi connectivity index (χ0) is 21.4. The molecule has 0 fully saturated rings. The minimum atomic E-state index is -0.855. The van der Waals surface area contributed by atoms with Crippen molar-refractivity contribution in [2.45, 2.75) is 26.4 Å². The number of ketones is 1. The van der Waals surface area contributed by atoms with Crippen molar-refractivity contribution in [3.63, 3.8) is 0 Å². The Morgan fingerprint density at radius 3 is 2.67 bits per heavy atom. The maximum absolute atomic E-state index is 13.4. The largest absolute Gasteiger partial charge is 0.503 e. The standard InChI is InChI=1S/C22H20N2O5S/c1-12-21(30-13(2)23-12)19(25)17-18(16-9-6-10-29-16)24(22(27)20(17)26)11-14-7-4-5-8-15(14)28-3/h4-10,18,26H,11H2,1-3H3. The Labute approximate surface area is 177 Å². The first kappa shape index (κ1) is 19.9. The Hall–Kier alpha value is -3.39. The number of hydrogen-bond donors (Lipinski definition) is 1. The number of ether oxygens (including phenoxy) is 1. The van der Waals surface area contributed by atoms with Crippen LogP contribution in [0.25, 0.3) is 0 Å². The molecule has 1 aliphatic rings. The summed E-state index contributed by atoms with van der Waals surface area (Å²) < 4.78 is 11.0. The van der Waals surface area contributed by atoms with Crippen LogP contribution in [0.5, 0.6) is 5.75 Å². The van der Waals surface area contributed by atoms with Gasteiger partial charge in [0.2, 0.25) is 5.78 Å². The van der Waals surface area contributed by atoms with Gasteiger partial charge in [-0.1, -0.05) is 18.2 Å². The molecule has 0 aliphatic carbocycles. The van der Waals surface area contributed by atoms with Gasteiger partial charge in [0.25, 0.3) is 5.91 Å². The fourth-order valence-corrected chi connectivity index (χ4v) is 4.55. The molecule has 8 heteroatoms. The third-order valence-corrected chi connectivity index (χ3v) is 6.08. The van der Waals surface area contributed by atoms with Crippen LogP contribution in [0.1, 0.15) is 37.7 Å². The molecule has 30 heavy (non-hydrogen) atoms. The lowest BCUT2D eigenvalue weighted by molar-refractivity contribution is -0.130. The number of furan rings is 1. The fourth-order valence-electron chi connectivity index (χ4n) is 3.67. The van der Waals surface area contributed by atoms with Crippen LogP contribution in [0.2, 0.25) is 0 Å². The Morgan fingerprint density at radius 1 is 1.27 bits per heavy atom. The quantitative estimate of drug-likeness (QED) is 0.598. The van der Waals surface area contributed by atoms with Gasteiger partial charge in [-0.25, -0.2) is 4.98 Å². The van der Waals surface area contributed by atoms with Gasteiger partial charge < -0.3 is 19.2 Å². The van der Waals surface area contributed by atoms with Crippen LogP contribution in [0.4, 0.5) is 0 Å². The van der Waals surface area contributed by atoms with Gasteiger partial charge in [0, 0.05) is 5.56 Å². The smallest absolute Gasteiger partial charge is 0.290 e. The van der Waals surface area contributed by atoms with Crippen molar-refractivity contribution in [2.24, 2.45) is 0 Å². The maximum atomic E-state index is 13.4. The van der Waals surface area contributed by atoms with Crippen LogP contribution in [0, 0.1) is 13.8 Å². The molecule has 3 aromatic rings. The minimum absolute atomic E-state index is 0.00315. The topological polar surface area (TPSA) is 92.9 Å². The second kappa shape index (κ2) is 7.79. The molecule has 1 aliphatic heterocycles. The highest BCUT2D eigenvalue weighted by molar-refractivity contribution is 7.14. The van der Waals surface area contributed by atoms with E-state index in [1.165, 1.54) is 22.5 Å². The fraction of sp³-hybridized carbons (Fsp3) is 0.227. The van der Waals surface area contributed by atoms with E-state index in [0.717, 1.165) is 10.6 Å². The zero-order valence-corrected chi connectivity index (χ0v) is 17.5. The monoisotopic (exact) mass is 424 g/mol. The summed E-state index contributed by atoms with van der Waals surface area (Å²) in [5, 5.41) is 11.4. The van der Waals surface area contributed by atoms with Gasteiger partial charge in [-0.2, -0.15) is 0 Å². The van der Waals surface area contributed by atoms with E-state index in [2.05, 4.69) is 4.98 Å². The number of aliphatic hydroxyl groups excluding tert-OH is 1. The predicted molar refractivity (Wildman–Crippen MR) is 111 cm³/mol. The second-order valence-electron chi connectivity index (χ2n) is 6.90. The normalized spacial score (nSPS) is 16.4. The Kier molecular flexibility index (Phi) is 5.17. The highest BCUT2D eigenvalue weighted by Gasteiger charge is 2.46. The Bertz CT molecular complexity index is 1150. The number of para-hydroxylation sites is 1. The highest BCUT2D eigenvalue weighted by atomic mass is 32.1. The lowest BCUT2D eigenvalue weighted by atomic mass is 9.99. The van der Waals surface area contributed by atoms with E-state index in [-0.39, 0.29) is 12.1 Å². The number of benzene rings is 1. The molecule has 0 saturated heterocycles. The molecule has 1 unspecified atom stereocenters. The number of aromatic nitrogens is 1. The molecule has 0 bridgehead atoms. The molecule has 0 saturated carbocycles. The molecule has 4 rings (SSSR count). The van der Waals surface area contributed by atoms with Crippen molar-refractivity contribution in [3.05, 3.63) is 80.9 Å². The molecule has 1 N–H and O–H groups in total. The summed E-state index contributed by atoms with van der Waals surface area (Å²) in [6, 6.07) is 9.80. The van der Waals surface area contributed by atoms with E-state index < -0.39 is 23.5 Å². The average molecular weight is 424 g/mol. The lowest BCUT2D eigenvalue weighted by Gasteiger charge is -2.25. The molecule has 3 heterocycles. The first-order valence-electron chi connectivity index (χ1n) is 9.30. The molecule has 0 radical (unpaired) electrons. The first-order valence-corrected chi connectivity index (χ1v) is 10.1. The number of Topliss-reactive ketones (excluding diaryl/α,β-unsaturated/α-hetero) is 1. The van der Waals surface area contributed by atoms with Crippen molar-refractivity contribution in [1.82, 2.24) is 9.88 Å². The number of aliphatic hydroxyl groups is 1. The van der Waals surface area contributed by atoms with Crippen LogP contribution in [0.3, 0.4) is 0 Å². The SMILES string of the molecule is COc1ccccc1CN1C(=O)C(O)=C(C(=O)c2sc(C)nc2C)C1c1ccco1. The summed E-state index contributed by atoms with van der Waals surface area (Å²) in [5.41, 5.74) is 1.31. The van der Waals surface area contributed by atoms with Crippen molar-refractivity contribution in [3.8, 4) is 5.75 Å². The number of methoxy groups -OCH3 is 1. The van der Waals surface area contributed by atoms with E-state index >= 15 is 0 Å². The minimum Gasteiger partial charge on any atom is -0.503 e. The molecule has 0 spiro atoms. The summed E-state index contributed by atoms with van der Waals surface area (Å²) >= 11 is 1.24. The van der Waals surface area contributed by atoms with Crippen LogP contribution in [0.15, 0.2) is 58.4 Å². The molecular formula is C22H20N2O5S. The second-order valence-corrected chi connectivity index (χ2v) is 8.10. The Balaban J connectivity index is 1.79. The number of carbonyl (C=O) groups excluding carboxylic acids is 2. The van der Waals surface area contributed by atoms with E-state index in [1.54, 1.807) is 39.2 Å². The van der Waals surface area contributed by atoms with Gasteiger partial charge in [0.05, 0.1) is 41.1 Å². The summed E-state index contributed by atoms with van der Waals surface area (Å²) in [6.45, 7) is 3.68. The number of rotatable bonds is 6. The number of carbonyl (C=O) groups is 2. The van der Waals surface area contributed by atoms with Crippen molar-refractivity contribution >= 4 is 23.0 Å². The predicted octanol–water partition coefficient (Wildman–Crippen LogP) is 4.14. The highest BCUT2D eigenvalue weighted by Crippen LogP contribution is 2.41. The number of aryl methyl sites for hydroxylation is 2. The van der Waals surface area contributed by atoms with Gasteiger partial charge in [-0.3, -0.25) is 9.59 Å². The molecule has 2 aromatic heterocycles. The van der Waals surface area contributed by atoms with Gasteiger partial charge >= 0.3 is 0 Å².